The molecule has 0 saturated carbocycles. The van der Waals surface area contributed by atoms with Gasteiger partial charge in [0.2, 0.25) is 0 Å². The maximum absolute atomic E-state index is 11.3. The number of likely N-dealkylation sites (tertiary alicyclic amines) is 1. The molecule has 4 nitrogen and oxygen atoms in total. The summed E-state index contributed by atoms with van der Waals surface area (Å²) in [6.07, 6.45) is 1.88. The minimum absolute atomic E-state index is 0.169. The summed E-state index contributed by atoms with van der Waals surface area (Å²) >= 11 is 5.00. The van der Waals surface area contributed by atoms with E-state index in [2.05, 4.69) is 5.32 Å². The molecule has 0 unspecified atom stereocenters. The van der Waals surface area contributed by atoms with Gasteiger partial charge in [-0.1, -0.05) is 6.92 Å². The molecule has 0 aromatic heterocycles. The van der Waals surface area contributed by atoms with Gasteiger partial charge in [-0.2, -0.15) is 0 Å². The maximum atomic E-state index is 11.3. The first-order chi connectivity index (χ1) is 7.69. The molecule has 1 aliphatic rings. The average Bonchev–Trinajstić information content (AvgIpc) is 2.30. The lowest BCUT2D eigenvalue weighted by atomic mass is 10.1. The molecule has 16 heavy (non-hydrogen) atoms. The van der Waals surface area contributed by atoms with Crippen LogP contribution < -0.4 is 5.32 Å². The monoisotopic (exact) mass is 250 g/mol. The molecule has 1 rings (SSSR count). The summed E-state index contributed by atoms with van der Waals surface area (Å²) in [6.45, 7) is 5.80. The van der Waals surface area contributed by atoms with Gasteiger partial charge in [-0.05, 0) is 26.8 Å². The fourth-order valence-corrected chi connectivity index (χ4v) is 1.57. The quantitative estimate of drug-likeness (QED) is 0.763. The predicted molar refractivity (Wildman–Crippen MR) is 67.1 cm³/mol. The highest BCUT2D eigenvalue weighted by Gasteiger charge is 2.21. The van der Waals surface area contributed by atoms with Crippen molar-refractivity contribution in [2.75, 3.05) is 32.6 Å². The van der Waals surface area contributed by atoms with Crippen LogP contribution in [0.1, 0.15) is 26.7 Å². The SMILES string of the molecule is CCCl.CCOC(=O)N1CCC(NC)CC1. The second-order valence-electron chi connectivity index (χ2n) is 3.52. The Morgan fingerprint density at radius 2 is 1.94 bits per heavy atom. The summed E-state index contributed by atoms with van der Waals surface area (Å²) in [5.74, 6) is 0.722. The van der Waals surface area contributed by atoms with E-state index in [0.29, 0.717) is 12.6 Å². The molecule has 0 radical (unpaired) electrons. The van der Waals surface area contributed by atoms with Crippen LogP contribution in [0.4, 0.5) is 4.79 Å². The molecular weight excluding hydrogens is 228 g/mol. The lowest BCUT2D eigenvalue weighted by Gasteiger charge is -2.30. The summed E-state index contributed by atoms with van der Waals surface area (Å²) in [6, 6.07) is 0.561. The van der Waals surface area contributed by atoms with Crippen molar-refractivity contribution in [1.29, 1.82) is 0 Å². The first kappa shape index (κ1) is 15.5. The van der Waals surface area contributed by atoms with E-state index in [4.69, 9.17) is 16.3 Å². The van der Waals surface area contributed by atoms with Crippen molar-refractivity contribution in [3.05, 3.63) is 0 Å². The van der Waals surface area contributed by atoms with Gasteiger partial charge in [0, 0.05) is 25.0 Å². The highest BCUT2D eigenvalue weighted by atomic mass is 35.5. The Bertz CT molecular complexity index is 183. The number of halogens is 1. The number of carbonyl (C=O) groups is 1. The zero-order valence-corrected chi connectivity index (χ0v) is 11.2. The number of hydrogen-bond donors (Lipinski definition) is 1. The fraction of sp³-hybridized carbons (Fsp3) is 0.909. The van der Waals surface area contributed by atoms with Crippen LogP contribution in [0.5, 0.6) is 0 Å². The maximum Gasteiger partial charge on any atom is 0.409 e. The van der Waals surface area contributed by atoms with E-state index in [0.717, 1.165) is 31.8 Å². The summed E-state index contributed by atoms with van der Waals surface area (Å²) in [5, 5.41) is 3.22. The molecule has 0 aromatic rings. The summed E-state index contributed by atoms with van der Waals surface area (Å²) in [4.78, 5) is 13.1. The molecule has 1 aliphatic heterocycles. The molecule has 96 valence electrons. The molecule has 1 heterocycles. The van der Waals surface area contributed by atoms with E-state index < -0.39 is 0 Å². The average molecular weight is 251 g/mol. The van der Waals surface area contributed by atoms with Gasteiger partial charge < -0.3 is 15.0 Å². The number of rotatable bonds is 2. The minimum atomic E-state index is -0.169. The van der Waals surface area contributed by atoms with Crippen molar-refractivity contribution in [2.45, 2.75) is 32.7 Å². The zero-order valence-electron chi connectivity index (χ0n) is 10.5. The topological polar surface area (TPSA) is 41.6 Å². The molecule has 1 amide bonds. The summed E-state index contributed by atoms with van der Waals surface area (Å²) in [5.41, 5.74) is 0. The van der Waals surface area contributed by atoms with E-state index in [9.17, 15) is 4.79 Å². The number of alkyl halides is 1. The van der Waals surface area contributed by atoms with E-state index in [-0.39, 0.29) is 6.09 Å². The van der Waals surface area contributed by atoms with Crippen LogP contribution in [0, 0.1) is 0 Å². The van der Waals surface area contributed by atoms with Crippen LogP contribution in [0.3, 0.4) is 0 Å². The third-order valence-corrected chi connectivity index (χ3v) is 2.43. The predicted octanol–water partition coefficient (Wildman–Crippen LogP) is 2.07. The Hall–Kier alpha value is -0.480. The van der Waals surface area contributed by atoms with E-state index in [1.165, 1.54) is 0 Å². The van der Waals surface area contributed by atoms with Crippen molar-refractivity contribution < 1.29 is 9.53 Å². The van der Waals surface area contributed by atoms with Gasteiger partial charge in [0.05, 0.1) is 6.61 Å². The third kappa shape index (κ3) is 6.18. The largest absolute Gasteiger partial charge is 0.450 e. The second-order valence-corrected chi connectivity index (χ2v) is 4.05. The van der Waals surface area contributed by atoms with Crippen molar-refractivity contribution in [1.82, 2.24) is 10.2 Å². The van der Waals surface area contributed by atoms with E-state index >= 15 is 0 Å². The Kier molecular flexibility index (Phi) is 9.43. The first-order valence-corrected chi connectivity index (χ1v) is 6.37. The van der Waals surface area contributed by atoms with Gasteiger partial charge in [-0.25, -0.2) is 4.79 Å². The Morgan fingerprint density at radius 3 is 2.31 bits per heavy atom. The molecule has 1 N–H and O–H groups in total. The number of carbonyl (C=O) groups excluding carboxylic acids is 1. The lowest BCUT2D eigenvalue weighted by molar-refractivity contribution is 0.0956. The standard InChI is InChI=1S/C9H18N2O2.C2H5Cl/c1-3-13-9(12)11-6-4-8(10-2)5-7-11;1-2-3/h8,10H,3-7H2,1-2H3;2H2,1H3. The fourth-order valence-electron chi connectivity index (χ4n) is 1.57. The normalized spacial score (nSPS) is 16.4. The zero-order chi connectivity index (χ0) is 12.4. The van der Waals surface area contributed by atoms with E-state index in [1.54, 1.807) is 4.90 Å². The lowest BCUT2D eigenvalue weighted by Crippen LogP contribution is -2.44. The Balaban J connectivity index is 0.000000673. The van der Waals surface area contributed by atoms with Gasteiger partial charge in [0.1, 0.15) is 0 Å². The van der Waals surface area contributed by atoms with Gasteiger partial charge in [-0.3, -0.25) is 0 Å². The van der Waals surface area contributed by atoms with Crippen LogP contribution in [0.15, 0.2) is 0 Å². The summed E-state index contributed by atoms with van der Waals surface area (Å²) in [7, 11) is 1.96. The van der Waals surface area contributed by atoms with Crippen LogP contribution in [-0.4, -0.2) is 49.7 Å². The van der Waals surface area contributed by atoms with E-state index in [1.807, 2.05) is 20.9 Å². The van der Waals surface area contributed by atoms with Crippen molar-refractivity contribution >= 4 is 17.7 Å². The second kappa shape index (κ2) is 9.73. The Morgan fingerprint density at radius 1 is 1.44 bits per heavy atom. The van der Waals surface area contributed by atoms with Gasteiger partial charge in [-0.15, -0.1) is 11.6 Å². The van der Waals surface area contributed by atoms with Gasteiger partial charge in [0.15, 0.2) is 0 Å². The number of nitrogens with zero attached hydrogens (tertiary/aromatic N) is 1. The number of hydrogen-bond acceptors (Lipinski definition) is 3. The molecular formula is C11H23ClN2O2. The summed E-state index contributed by atoms with van der Waals surface area (Å²) < 4.78 is 4.92. The van der Waals surface area contributed by atoms with Gasteiger partial charge in [0.25, 0.3) is 0 Å². The Labute approximate surface area is 103 Å². The smallest absolute Gasteiger partial charge is 0.409 e. The van der Waals surface area contributed by atoms with Crippen LogP contribution in [0.25, 0.3) is 0 Å². The number of amides is 1. The van der Waals surface area contributed by atoms with Crippen LogP contribution in [-0.2, 0) is 4.74 Å². The molecule has 0 aliphatic carbocycles. The van der Waals surface area contributed by atoms with Crippen molar-refractivity contribution in [3.8, 4) is 0 Å². The van der Waals surface area contributed by atoms with Crippen LogP contribution >= 0.6 is 11.6 Å². The van der Waals surface area contributed by atoms with Crippen molar-refractivity contribution in [2.24, 2.45) is 0 Å². The number of piperidine rings is 1. The number of nitrogens with one attached hydrogen (secondary N) is 1. The molecule has 0 aromatic carbocycles. The highest BCUT2D eigenvalue weighted by Crippen LogP contribution is 2.10. The molecule has 1 saturated heterocycles. The minimum Gasteiger partial charge on any atom is -0.450 e. The molecule has 5 heteroatoms. The first-order valence-electron chi connectivity index (χ1n) is 5.84. The van der Waals surface area contributed by atoms with Gasteiger partial charge >= 0.3 is 6.09 Å². The molecule has 0 bridgehead atoms. The highest BCUT2D eigenvalue weighted by molar-refractivity contribution is 6.17. The molecule has 0 spiro atoms. The molecule has 1 fully saturated rings. The van der Waals surface area contributed by atoms with Crippen molar-refractivity contribution in [3.63, 3.8) is 0 Å². The van der Waals surface area contributed by atoms with Crippen LogP contribution in [0.2, 0.25) is 0 Å². The molecule has 0 atom stereocenters. The number of ether oxygens (including phenoxy) is 1. The third-order valence-electron chi connectivity index (χ3n) is 2.43.